The zero-order chi connectivity index (χ0) is 14.3. The van der Waals surface area contributed by atoms with Crippen molar-refractivity contribution < 1.29 is 4.74 Å². The lowest BCUT2D eigenvalue weighted by atomic mass is 10.0. The van der Waals surface area contributed by atoms with Crippen molar-refractivity contribution in [2.45, 2.75) is 57.7 Å². The fraction of sp³-hybridized carbons (Fsp3) is 0.800. The first-order valence-electron chi connectivity index (χ1n) is 7.74. The minimum absolute atomic E-state index is 0.164. The van der Waals surface area contributed by atoms with E-state index in [9.17, 15) is 0 Å². The minimum Gasteiger partial charge on any atom is -0.374 e. The fourth-order valence-corrected chi connectivity index (χ4v) is 3.80. The standard InChI is InChI=1S/C15H26N4O/c1-10(16)9-12-11(2)17-18(3)15(12)19-7-8-20-14-6-4-5-13(14)19/h10,13-14H,4-9,16H2,1-3H3. The van der Waals surface area contributed by atoms with E-state index >= 15 is 0 Å². The molecular weight excluding hydrogens is 252 g/mol. The second-order valence-electron chi connectivity index (χ2n) is 6.29. The molecule has 0 bridgehead atoms. The Hall–Kier alpha value is -1.07. The van der Waals surface area contributed by atoms with E-state index in [2.05, 4.69) is 23.8 Å². The number of nitrogens with zero attached hydrogens (tertiary/aromatic N) is 3. The van der Waals surface area contributed by atoms with Crippen LogP contribution in [0.2, 0.25) is 0 Å². The van der Waals surface area contributed by atoms with Crippen molar-refractivity contribution in [2.24, 2.45) is 12.8 Å². The maximum atomic E-state index is 6.03. The molecule has 0 amide bonds. The molecule has 2 N–H and O–H groups in total. The molecule has 5 heteroatoms. The zero-order valence-electron chi connectivity index (χ0n) is 12.8. The Kier molecular flexibility index (Phi) is 3.73. The number of nitrogens with two attached hydrogens (primary N) is 1. The van der Waals surface area contributed by atoms with Crippen LogP contribution < -0.4 is 10.6 Å². The van der Waals surface area contributed by atoms with Crippen molar-refractivity contribution in [1.29, 1.82) is 0 Å². The topological polar surface area (TPSA) is 56.3 Å². The Labute approximate surface area is 121 Å². The second kappa shape index (κ2) is 5.37. The van der Waals surface area contributed by atoms with Crippen LogP contribution in [0.1, 0.15) is 37.4 Å². The van der Waals surface area contributed by atoms with Crippen molar-refractivity contribution in [3.8, 4) is 0 Å². The summed E-state index contributed by atoms with van der Waals surface area (Å²) in [5.74, 6) is 1.26. The number of morpholine rings is 1. The first-order chi connectivity index (χ1) is 9.58. The highest BCUT2D eigenvalue weighted by Crippen LogP contribution is 2.35. The molecule has 1 saturated carbocycles. The van der Waals surface area contributed by atoms with Crippen LogP contribution in [0.3, 0.4) is 0 Å². The molecule has 1 aromatic heterocycles. The number of hydrogen-bond acceptors (Lipinski definition) is 4. The van der Waals surface area contributed by atoms with E-state index in [0.29, 0.717) is 12.1 Å². The molecule has 2 heterocycles. The van der Waals surface area contributed by atoms with E-state index in [1.165, 1.54) is 30.6 Å². The highest BCUT2D eigenvalue weighted by Gasteiger charge is 2.38. The van der Waals surface area contributed by atoms with Gasteiger partial charge in [-0.3, -0.25) is 4.68 Å². The smallest absolute Gasteiger partial charge is 0.130 e. The molecule has 1 saturated heterocycles. The third-order valence-electron chi connectivity index (χ3n) is 4.59. The Morgan fingerprint density at radius 3 is 3.00 bits per heavy atom. The van der Waals surface area contributed by atoms with Gasteiger partial charge in [0.05, 0.1) is 24.4 Å². The van der Waals surface area contributed by atoms with Gasteiger partial charge in [0.1, 0.15) is 5.82 Å². The molecular formula is C15H26N4O. The lowest BCUT2D eigenvalue weighted by Crippen LogP contribution is -2.49. The quantitative estimate of drug-likeness (QED) is 0.907. The number of rotatable bonds is 3. The second-order valence-corrected chi connectivity index (χ2v) is 6.29. The third-order valence-corrected chi connectivity index (χ3v) is 4.59. The summed E-state index contributed by atoms with van der Waals surface area (Å²) < 4.78 is 7.96. The molecule has 1 aromatic rings. The van der Waals surface area contributed by atoms with Crippen molar-refractivity contribution in [3.63, 3.8) is 0 Å². The van der Waals surface area contributed by atoms with Crippen molar-refractivity contribution in [1.82, 2.24) is 9.78 Å². The fourth-order valence-electron chi connectivity index (χ4n) is 3.80. The van der Waals surface area contributed by atoms with Gasteiger partial charge in [0.15, 0.2) is 0 Å². The predicted molar refractivity (Wildman–Crippen MR) is 80.0 cm³/mol. The summed E-state index contributed by atoms with van der Waals surface area (Å²) in [6, 6.07) is 0.683. The van der Waals surface area contributed by atoms with Gasteiger partial charge in [0.25, 0.3) is 0 Å². The molecule has 1 aliphatic heterocycles. The number of aryl methyl sites for hydroxylation is 2. The monoisotopic (exact) mass is 278 g/mol. The van der Waals surface area contributed by atoms with Gasteiger partial charge >= 0.3 is 0 Å². The average molecular weight is 278 g/mol. The van der Waals surface area contributed by atoms with E-state index in [1.807, 2.05) is 11.7 Å². The summed E-state index contributed by atoms with van der Waals surface area (Å²) in [5, 5.41) is 4.63. The third kappa shape index (κ3) is 2.33. The molecule has 0 aromatic carbocycles. The summed E-state index contributed by atoms with van der Waals surface area (Å²) in [7, 11) is 2.05. The summed E-state index contributed by atoms with van der Waals surface area (Å²) in [6.45, 7) is 5.94. The van der Waals surface area contributed by atoms with Crippen LogP contribution in [0, 0.1) is 6.92 Å². The molecule has 3 unspecified atom stereocenters. The summed E-state index contributed by atoms with van der Waals surface area (Å²) in [4.78, 5) is 2.53. The van der Waals surface area contributed by atoms with Crippen LogP contribution >= 0.6 is 0 Å². The van der Waals surface area contributed by atoms with Gasteiger partial charge in [-0.2, -0.15) is 5.10 Å². The maximum Gasteiger partial charge on any atom is 0.130 e. The van der Waals surface area contributed by atoms with Crippen LogP contribution in [0.5, 0.6) is 0 Å². The van der Waals surface area contributed by atoms with E-state index in [4.69, 9.17) is 10.5 Å². The Balaban J connectivity index is 1.96. The van der Waals surface area contributed by atoms with E-state index in [1.54, 1.807) is 0 Å². The largest absolute Gasteiger partial charge is 0.374 e. The summed E-state index contributed by atoms with van der Waals surface area (Å²) >= 11 is 0. The zero-order valence-corrected chi connectivity index (χ0v) is 12.8. The van der Waals surface area contributed by atoms with Crippen molar-refractivity contribution in [3.05, 3.63) is 11.3 Å². The van der Waals surface area contributed by atoms with Crippen LogP contribution in [-0.4, -0.2) is 41.1 Å². The van der Waals surface area contributed by atoms with E-state index < -0.39 is 0 Å². The Morgan fingerprint density at radius 1 is 1.45 bits per heavy atom. The van der Waals surface area contributed by atoms with Crippen LogP contribution in [-0.2, 0) is 18.2 Å². The van der Waals surface area contributed by atoms with Gasteiger partial charge in [0.2, 0.25) is 0 Å². The first kappa shape index (κ1) is 13.9. The van der Waals surface area contributed by atoms with E-state index in [0.717, 1.165) is 25.3 Å². The lowest BCUT2D eigenvalue weighted by Gasteiger charge is -2.39. The molecule has 0 radical (unpaired) electrons. The first-order valence-corrected chi connectivity index (χ1v) is 7.74. The molecule has 0 spiro atoms. The molecule has 3 atom stereocenters. The van der Waals surface area contributed by atoms with Crippen LogP contribution in [0.4, 0.5) is 5.82 Å². The molecule has 5 nitrogen and oxygen atoms in total. The van der Waals surface area contributed by atoms with Crippen molar-refractivity contribution >= 4 is 5.82 Å². The highest BCUT2D eigenvalue weighted by atomic mass is 16.5. The van der Waals surface area contributed by atoms with Gasteiger partial charge in [-0.25, -0.2) is 0 Å². The Morgan fingerprint density at radius 2 is 2.25 bits per heavy atom. The SMILES string of the molecule is Cc1nn(C)c(N2CCOC3CCCC32)c1CC(C)N. The lowest BCUT2D eigenvalue weighted by molar-refractivity contribution is 0.0250. The van der Waals surface area contributed by atoms with E-state index in [-0.39, 0.29) is 6.04 Å². The molecule has 2 aliphatic rings. The minimum atomic E-state index is 0.164. The molecule has 112 valence electrons. The van der Waals surface area contributed by atoms with Crippen molar-refractivity contribution in [2.75, 3.05) is 18.1 Å². The number of hydrogen-bond donors (Lipinski definition) is 1. The van der Waals surface area contributed by atoms with Gasteiger partial charge in [-0.1, -0.05) is 0 Å². The van der Waals surface area contributed by atoms with Gasteiger partial charge < -0.3 is 15.4 Å². The Bertz CT molecular complexity index is 482. The average Bonchev–Trinajstić information content (AvgIpc) is 2.95. The van der Waals surface area contributed by atoms with Gasteiger partial charge in [-0.15, -0.1) is 0 Å². The summed E-state index contributed by atoms with van der Waals surface area (Å²) in [5.41, 5.74) is 8.45. The number of aromatic nitrogens is 2. The van der Waals surface area contributed by atoms with Gasteiger partial charge in [-0.05, 0) is 39.5 Å². The summed E-state index contributed by atoms with van der Waals surface area (Å²) in [6.07, 6.45) is 4.99. The maximum absolute atomic E-state index is 6.03. The van der Waals surface area contributed by atoms with Crippen LogP contribution in [0.25, 0.3) is 0 Å². The number of anilines is 1. The number of ether oxygens (including phenoxy) is 1. The molecule has 20 heavy (non-hydrogen) atoms. The molecule has 3 rings (SSSR count). The number of fused-ring (bicyclic) bond motifs is 1. The molecule has 2 fully saturated rings. The normalized spacial score (nSPS) is 27.7. The van der Waals surface area contributed by atoms with Crippen LogP contribution in [0.15, 0.2) is 0 Å². The predicted octanol–water partition coefficient (Wildman–Crippen LogP) is 1.38. The molecule has 1 aliphatic carbocycles. The highest BCUT2D eigenvalue weighted by molar-refractivity contribution is 5.52. The van der Waals surface area contributed by atoms with Gasteiger partial charge in [0, 0.05) is 25.2 Å².